The van der Waals surface area contributed by atoms with Gasteiger partial charge in [-0.05, 0) is 43.3 Å². The smallest absolute Gasteiger partial charge is 0.415 e. The number of sulfonamides is 1. The number of aryl methyl sites for hydroxylation is 1. The normalized spacial score (nSPS) is 11.8. The summed E-state index contributed by atoms with van der Waals surface area (Å²) >= 11 is 0. The standard InChI is InChI=1S/C20H20NO5PS/c1-17-12-14-20(15-13-17)28(23,24)21-16-27(22,25-18-8-4-2-5-9-18)26-19-10-6-3-7-11-19/h2-15,21H,16H2,1H3. The van der Waals surface area contributed by atoms with Crippen LogP contribution in [0.15, 0.2) is 89.8 Å². The average Bonchev–Trinajstić information content (AvgIpc) is 2.68. The number of benzene rings is 3. The van der Waals surface area contributed by atoms with E-state index in [9.17, 15) is 13.0 Å². The van der Waals surface area contributed by atoms with Crippen molar-refractivity contribution in [1.82, 2.24) is 4.72 Å². The third-order valence-electron chi connectivity index (χ3n) is 3.75. The Labute approximate surface area is 164 Å². The highest BCUT2D eigenvalue weighted by Gasteiger charge is 2.31. The topological polar surface area (TPSA) is 81.7 Å². The molecule has 0 aliphatic carbocycles. The maximum absolute atomic E-state index is 13.3. The zero-order valence-corrected chi connectivity index (χ0v) is 16.9. The molecule has 0 radical (unpaired) electrons. The molecule has 0 fully saturated rings. The highest BCUT2D eigenvalue weighted by atomic mass is 32.2. The van der Waals surface area contributed by atoms with Crippen LogP contribution in [0.3, 0.4) is 0 Å². The van der Waals surface area contributed by atoms with Crippen LogP contribution < -0.4 is 13.8 Å². The van der Waals surface area contributed by atoms with Crippen LogP contribution in [0.5, 0.6) is 11.5 Å². The Morgan fingerprint density at radius 2 is 1.25 bits per heavy atom. The number of nitrogens with one attached hydrogen (secondary N) is 1. The van der Waals surface area contributed by atoms with Gasteiger partial charge in [0.15, 0.2) is 0 Å². The fourth-order valence-electron chi connectivity index (χ4n) is 2.33. The van der Waals surface area contributed by atoms with Crippen LogP contribution in [-0.4, -0.2) is 14.7 Å². The molecule has 0 unspecified atom stereocenters. The highest BCUT2D eigenvalue weighted by Crippen LogP contribution is 2.47. The summed E-state index contributed by atoms with van der Waals surface area (Å²) in [6.07, 6.45) is -0.521. The van der Waals surface area contributed by atoms with E-state index < -0.39 is 23.9 Å². The van der Waals surface area contributed by atoms with Crippen LogP contribution in [0.25, 0.3) is 0 Å². The minimum Gasteiger partial charge on any atom is -0.415 e. The summed E-state index contributed by atoms with van der Waals surface area (Å²) in [5.41, 5.74) is 0.935. The van der Waals surface area contributed by atoms with E-state index in [-0.39, 0.29) is 4.90 Å². The first kappa shape index (κ1) is 20.1. The number of rotatable bonds is 8. The van der Waals surface area contributed by atoms with Crippen LogP contribution >= 0.6 is 7.60 Å². The summed E-state index contributed by atoms with van der Waals surface area (Å²) in [5, 5.41) is 0. The largest absolute Gasteiger partial charge is 0.445 e. The highest BCUT2D eigenvalue weighted by molar-refractivity contribution is 7.89. The van der Waals surface area contributed by atoms with Gasteiger partial charge in [0.1, 0.15) is 17.8 Å². The van der Waals surface area contributed by atoms with Gasteiger partial charge in [0.2, 0.25) is 10.0 Å². The van der Waals surface area contributed by atoms with Gasteiger partial charge in [-0.15, -0.1) is 0 Å². The van der Waals surface area contributed by atoms with Crippen molar-refractivity contribution in [2.45, 2.75) is 11.8 Å². The molecule has 0 spiro atoms. The third-order valence-corrected chi connectivity index (χ3v) is 6.91. The molecule has 3 aromatic carbocycles. The molecule has 3 aromatic rings. The molecule has 0 aliphatic rings. The lowest BCUT2D eigenvalue weighted by Crippen LogP contribution is -2.27. The molecule has 0 bridgehead atoms. The minimum absolute atomic E-state index is 0.0732. The molecular formula is C20H20NO5PS. The van der Waals surface area contributed by atoms with Gasteiger partial charge in [-0.1, -0.05) is 54.1 Å². The molecule has 0 saturated heterocycles. The van der Waals surface area contributed by atoms with Crippen molar-refractivity contribution in [3.05, 3.63) is 90.5 Å². The Balaban J connectivity index is 1.82. The Kier molecular flexibility index (Phi) is 6.19. The van der Waals surface area contributed by atoms with E-state index in [1.54, 1.807) is 72.8 Å². The van der Waals surface area contributed by atoms with Gasteiger partial charge in [-0.2, -0.15) is 4.72 Å². The Bertz CT molecular complexity index is 1010. The van der Waals surface area contributed by atoms with Gasteiger partial charge >= 0.3 is 7.60 Å². The van der Waals surface area contributed by atoms with Crippen molar-refractivity contribution in [2.75, 3.05) is 6.29 Å². The summed E-state index contributed by atoms with van der Waals surface area (Å²) in [6.45, 7) is 1.86. The molecule has 0 amide bonds. The summed E-state index contributed by atoms with van der Waals surface area (Å²) in [6, 6.07) is 23.3. The lowest BCUT2D eigenvalue weighted by molar-refractivity contribution is 0.384. The Morgan fingerprint density at radius 1 is 0.786 bits per heavy atom. The van der Waals surface area contributed by atoms with Crippen LogP contribution in [0.1, 0.15) is 5.56 Å². The van der Waals surface area contributed by atoms with Gasteiger partial charge in [-0.3, -0.25) is 0 Å². The molecule has 0 aromatic heterocycles. The van der Waals surface area contributed by atoms with Gasteiger partial charge in [0.05, 0.1) is 4.90 Å². The van der Waals surface area contributed by atoms with Crippen molar-refractivity contribution in [3.8, 4) is 11.5 Å². The van der Waals surface area contributed by atoms with Crippen LogP contribution in [0.4, 0.5) is 0 Å². The number of para-hydroxylation sites is 2. The zero-order valence-electron chi connectivity index (χ0n) is 15.2. The van der Waals surface area contributed by atoms with Gasteiger partial charge < -0.3 is 9.05 Å². The molecule has 28 heavy (non-hydrogen) atoms. The molecular weight excluding hydrogens is 397 g/mol. The zero-order chi connectivity index (χ0) is 20.0. The number of hydrogen-bond donors (Lipinski definition) is 1. The van der Waals surface area contributed by atoms with E-state index in [0.29, 0.717) is 11.5 Å². The van der Waals surface area contributed by atoms with Gasteiger partial charge in [0.25, 0.3) is 0 Å². The van der Waals surface area contributed by atoms with Crippen LogP contribution in [0, 0.1) is 6.92 Å². The molecule has 6 nitrogen and oxygen atoms in total. The number of hydrogen-bond acceptors (Lipinski definition) is 5. The van der Waals surface area contributed by atoms with Crippen LogP contribution in [0.2, 0.25) is 0 Å². The van der Waals surface area contributed by atoms with Crippen molar-refractivity contribution < 1.29 is 22.0 Å². The van der Waals surface area contributed by atoms with Crippen molar-refractivity contribution in [3.63, 3.8) is 0 Å². The van der Waals surface area contributed by atoms with Gasteiger partial charge in [-0.25, -0.2) is 13.0 Å². The SMILES string of the molecule is Cc1ccc(S(=O)(=O)NCP(=O)(Oc2ccccc2)Oc2ccccc2)cc1. The van der Waals surface area contributed by atoms with Crippen molar-refractivity contribution in [2.24, 2.45) is 0 Å². The first-order valence-electron chi connectivity index (χ1n) is 8.51. The molecule has 8 heteroatoms. The molecule has 0 heterocycles. The maximum atomic E-state index is 13.3. The average molecular weight is 417 g/mol. The molecule has 3 rings (SSSR count). The van der Waals surface area contributed by atoms with E-state index in [1.807, 2.05) is 6.92 Å². The Morgan fingerprint density at radius 3 is 1.71 bits per heavy atom. The molecule has 146 valence electrons. The lowest BCUT2D eigenvalue weighted by atomic mass is 10.2. The van der Waals surface area contributed by atoms with E-state index in [4.69, 9.17) is 9.05 Å². The summed E-state index contributed by atoms with van der Waals surface area (Å²) in [5.74, 6) is 0.632. The fourth-order valence-corrected chi connectivity index (χ4v) is 5.36. The summed E-state index contributed by atoms with van der Waals surface area (Å²) in [4.78, 5) is 0.0732. The predicted molar refractivity (Wildman–Crippen MR) is 108 cm³/mol. The summed E-state index contributed by atoms with van der Waals surface area (Å²) < 4.78 is 51.9. The second kappa shape index (κ2) is 8.61. The lowest BCUT2D eigenvalue weighted by Gasteiger charge is -2.20. The monoisotopic (exact) mass is 417 g/mol. The fraction of sp³-hybridized carbons (Fsp3) is 0.100. The molecule has 0 atom stereocenters. The quantitative estimate of drug-likeness (QED) is 0.543. The van der Waals surface area contributed by atoms with E-state index in [0.717, 1.165) is 5.56 Å². The van der Waals surface area contributed by atoms with Crippen molar-refractivity contribution in [1.29, 1.82) is 0 Å². The second-order valence-corrected chi connectivity index (χ2v) is 9.71. The van der Waals surface area contributed by atoms with Crippen LogP contribution in [-0.2, 0) is 14.6 Å². The predicted octanol–water partition coefficient (Wildman–Crippen LogP) is 4.58. The van der Waals surface area contributed by atoms with E-state index in [1.165, 1.54) is 12.1 Å². The van der Waals surface area contributed by atoms with Crippen molar-refractivity contribution >= 4 is 17.6 Å². The summed E-state index contributed by atoms with van der Waals surface area (Å²) in [7, 11) is -7.76. The Hall–Kier alpha value is -2.60. The molecule has 1 N–H and O–H groups in total. The van der Waals surface area contributed by atoms with Gasteiger partial charge in [0, 0.05) is 0 Å². The van der Waals surface area contributed by atoms with E-state index >= 15 is 0 Å². The third kappa shape index (κ3) is 5.45. The molecule has 0 saturated carbocycles. The van der Waals surface area contributed by atoms with E-state index in [2.05, 4.69) is 4.72 Å². The molecule has 0 aliphatic heterocycles. The maximum Gasteiger partial charge on any atom is 0.445 e. The first-order valence-corrected chi connectivity index (χ1v) is 11.7. The first-order chi connectivity index (χ1) is 13.4. The second-order valence-electron chi connectivity index (χ2n) is 6.04. The minimum atomic E-state index is -3.88.